The predicted molar refractivity (Wildman–Crippen MR) is 81.5 cm³/mol. The van der Waals surface area contributed by atoms with Gasteiger partial charge in [0.2, 0.25) is 0 Å². The van der Waals surface area contributed by atoms with Crippen LogP contribution in [0.2, 0.25) is 0 Å². The Balaban J connectivity index is 2.01. The summed E-state index contributed by atoms with van der Waals surface area (Å²) in [5, 5.41) is 3.08. The van der Waals surface area contributed by atoms with E-state index in [-0.39, 0.29) is 18.0 Å². The summed E-state index contributed by atoms with van der Waals surface area (Å²) in [4.78, 5) is 12.2. The molecule has 0 heterocycles. The summed E-state index contributed by atoms with van der Waals surface area (Å²) in [5.74, 6) is -0.00383. The molecule has 2 unspecified atom stereocenters. The molecule has 0 bridgehead atoms. The van der Waals surface area contributed by atoms with Crippen LogP contribution in [-0.2, 0) is 0 Å². The summed E-state index contributed by atoms with van der Waals surface area (Å²) in [6.45, 7) is 0. The third-order valence-electron chi connectivity index (χ3n) is 3.47. The second-order valence-electron chi connectivity index (χ2n) is 4.89. The van der Waals surface area contributed by atoms with E-state index in [1.807, 2.05) is 24.3 Å². The van der Waals surface area contributed by atoms with E-state index in [1.54, 1.807) is 0 Å². The fourth-order valence-corrected chi connectivity index (χ4v) is 2.94. The number of amides is 1. The zero-order chi connectivity index (χ0) is 13.0. The lowest BCUT2D eigenvalue weighted by Gasteiger charge is -2.22. The van der Waals surface area contributed by atoms with Gasteiger partial charge in [0.1, 0.15) is 0 Å². The second-order valence-corrected chi connectivity index (χ2v) is 6.14. The highest BCUT2D eigenvalue weighted by molar-refractivity contribution is 14.1. The van der Waals surface area contributed by atoms with Gasteiger partial charge in [0, 0.05) is 21.2 Å². The van der Waals surface area contributed by atoms with Crippen molar-refractivity contribution in [2.75, 3.05) is 0 Å². The fraction of sp³-hybridized carbons (Fsp3) is 0.500. The number of halogens is 1. The zero-order valence-electron chi connectivity index (χ0n) is 10.4. The summed E-state index contributed by atoms with van der Waals surface area (Å²) in [6, 6.07) is 7.85. The van der Waals surface area contributed by atoms with Crippen LogP contribution in [-0.4, -0.2) is 18.0 Å². The average Bonchev–Trinajstić information content (AvgIpc) is 2.55. The molecule has 0 spiro atoms. The van der Waals surface area contributed by atoms with Crippen molar-refractivity contribution in [3.05, 3.63) is 33.4 Å². The van der Waals surface area contributed by atoms with Gasteiger partial charge < -0.3 is 11.1 Å². The molecule has 1 fully saturated rings. The maximum absolute atomic E-state index is 12.2. The SMILES string of the molecule is NC1CCCCCC1NC(=O)c1cccc(I)c1. The van der Waals surface area contributed by atoms with Crippen molar-refractivity contribution in [3.8, 4) is 0 Å². The Morgan fingerprint density at radius 3 is 2.83 bits per heavy atom. The third kappa shape index (κ3) is 3.68. The van der Waals surface area contributed by atoms with Crippen molar-refractivity contribution in [1.82, 2.24) is 5.32 Å². The molecule has 1 amide bonds. The van der Waals surface area contributed by atoms with Gasteiger partial charge in [0.15, 0.2) is 0 Å². The normalized spacial score (nSPS) is 24.3. The van der Waals surface area contributed by atoms with Gasteiger partial charge in [0.25, 0.3) is 5.91 Å². The van der Waals surface area contributed by atoms with Crippen LogP contribution in [0, 0.1) is 3.57 Å². The first-order valence-electron chi connectivity index (χ1n) is 6.49. The van der Waals surface area contributed by atoms with E-state index in [1.165, 1.54) is 12.8 Å². The van der Waals surface area contributed by atoms with Gasteiger partial charge >= 0.3 is 0 Å². The highest BCUT2D eigenvalue weighted by atomic mass is 127. The highest BCUT2D eigenvalue weighted by Crippen LogP contribution is 2.17. The van der Waals surface area contributed by atoms with Crippen LogP contribution in [0.15, 0.2) is 24.3 Å². The van der Waals surface area contributed by atoms with Crippen LogP contribution in [0.5, 0.6) is 0 Å². The molecule has 2 atom stereocenters. The molecular weight excluding hydrogens is 339 g/mol. The topological polar surface area (TPSA) is 55.1 Å². The lowest BCUT2D eigenvalue weighted by molar-refractivity contribution is 0.0929. The molecule has 0 aromatic heterocycles. The Hall–Kier alpha value is -0.620. The molecule has 0 saturated heterocycles. The fourth-order valence-electron chi connectivity index (χ4n) is 2.40. The summed E-state index contributed by atoms with van der Waals surface area (Å²) in [5.41, 5.74) is 6.84. The Bertz CT molecular complexity index is 422. The first-order chi connectivity index (χ1) is 8.66. The van der Waals surface area contributed by atoms with Gasteiger partial charge in [-0.25, -0.2) is 0 Å². The number of carbonyl (C=O) groups excluding carboxylic acids is 1. The molecule has 3 N–H and O–H groups in total. The van der Waals surface area contributed by atoms with Gasteiger partial charge in [-0.3, -0.25) is 4.79 Å². The number of hydrogen-bond donors (Lipinski definition) is 2. The maximum Gasteiger partial charge on any atom is 0.251 e. The molecule has 1 aliphatic rings. The van der Waals surface area contributed by atoms with Gasteiger partial charge in [-0.15, -0.1) is 0 Å². The summed E-state index contributed by atoms with van der Waals surface area (Å²) < 4.78 is 1.07. The van der Waals surface area contributed by atoms with Crippen LogP contribution in [0.25, 0.3) is 0 Å². The summed E-state index contributed by atoms with van der Waals surface area (Å²) in [7, 11) is 0. The number of hydrogen-bond acceptors (Lipinski definition) is 2. The number of nitrogens with two attached hydrogens (primary N) is 1. The number of rotatable bonds is 2. The molecule has 0 radical (unpaired) electrons. The Kier molecular flexibility index (Phi) is 5.00. The van der Waals surface area contributed by atoms with Crippen molar-refractivity contribution in [3.63, 3.8) is 0 Å². The van der Waals surface area contributed by atoms with Gasteiger partial charge in [0.05, 0.1) is 0 Å². The summed E-state index contributed by atoms with van der Waals surface area (Å²) >= 11 is 2.22. The Morgan fingerprint density at radius 2 is 2.06 bits per heavy atom. The van der Waals surface area contributed by atoms with Crippen LogP contribution >= 0.6 is 22.6 Å². The molecule has 1 aliphatic carbocycles. The minimum Gasteiger partial charge on any atom is -0.348 e. The molecule has 4 heteroatoms. The lowest BCUT2D eigenvalue weighted by Crippen LogP contribution is -2.46. The highest BCUT2D eigenvalue weighted by Gasteiger charge is 2.22. The van der Waals surface area contributed by atoms with Crippen LogP contribution in [0.3, 0.4) is 0 Å². The average molecular weight is 358 g/mol. The van der Waals surface area contributed by atoms with E-state index >= 15 is 0 Å². The van der Waals surface area contributed by atoms with Crippen molar-refractivity contribution >= 4 is 28.5 Å². The summed E-state index contributed by atoms with van der Waals surface area (Å²) in [6.07, 6.45) is 5.57. The molecular formula is C14H19IN2O. The second kappa shape index (κ2) is 6.52. The van der Waals surface area contributed by atoms with Gasteiger partial charge in [-0.05, 0) is 53.6 Å². The first kappa shape index (κ1) is 13.8. The Morgan fingerprint density at radius 1 is 1.28 bits per heavy atom. The van der Waals surface area contributed by atoms with Gasteiger partial charge in [-0.1, -0.05) is 25.3 Å². The van der Waals surface area contributed by atoms with Gasteiger partial charge in [-0.2, -0.15) is 0 Å². The van der Waals surface area contributed by atoms with E-state index in [4.69, 9.17) is 5.73 Å². The van der Waals surface area contributed by atoms with Crippen LogP contribution in [0.1, 0.15) is 42.5 Å². The third-order valence-corrected chi connectivity index (χ3v) is 4.14. The molecule has 3 nitrogen and oxygen atoms in total. The molecule has 98 valence electrons. The van der Waals surface area contributed by atoms with E-state index in [0.29, 0.717) is 0 Å². The van der Waals surface area contributed by atoms with Crippen molar-refractivity contribution in [1.29, 1.82) is 0 Å². The van der Waals surface area contributed by atoms with E-state index in [2.05, 4.69) is 27.9 Å². The molecule has 1 aromatic carbocycles. The molecule has 2 rings (SSSR count). The zero-order valence-corrected chi connectivity index (χ0v) is 12.5. The number of nitrogens with one attached hydrogen (secondary N) is 1. The smallest absolute Gasteiger partial charge is 0.251 e. The number of carbonyl (C=O) groups is 1. The molecule has 18 heavy (non-hydrogen) atoms. The van der Waals surface area contributed by atoms with Crippen molar-refractivity contribution in [2.24, 2.45) is 5.73 Å². The largest absolute Gasteiger partial charge is 0.348 e. The monoisotopic (exact) mass is 358 g/mol. The maximum atomic E-state index is 12.2. The van der Waals surface area contributed by atoms with Crippen molar-refractivity contribution < 1.29 is 4.79 Å². The van der Waals surface area contributed by atoms with E-state index < -0.39 is 0 Å². The van der Waals surface area contributed by atoms with Crippen LogP contribution in [0.4, 0.5) is 0 Å². The minimum atomic E-state index is -0.00383. The Labute approximate surface area is 122 Å². The lowest BCUT2D eigenvalue weighted by atomic mass is 10.0. The standard InChI is InChI=1S/C14H19IN2O/c15-11-6-4-5-10(9-11)14(18)17-13-8-3-1-2-7-12(13)16/h4-6,9,12-13H,1-3,7-8,16H2,(H,17,18). The van der Waals surface area contributed by atoms with Crippen molar-refractivity contribution in [2.45, 2.75) is 44.2 Å². The predicted octanol–water partition coefficient (Wildman–Crippen LogP) is 2.68. The number of benzene rings is 1. The van der Waals surface area contributed by atoms with E-state index in [9.17, 15) is 4.79 Å². The van der Waals surface area contributed by atoms with Crippen LogP contribution < -0.4 is 11.1 Å². The molecule has 0 aliphatic heterocycles. The molecule has 1 saturated carbocycles. The first-order valence-corrected chi connectivity index (χ1v) is 7.57. The minimum absolute atomic E-state index is 0.00383. The molecule has 1 aromatic rings. The quantitative estimate of drug-likeness (QED) is 0.631. The van der Waals surface area contributed by atoms with E-state index in [0.717, 1.165) is 28.4 Å².